The van der Waals surface area contributed by atoms with Crippen LogP contribution in [0, 0.1) is 6.92 Å². The first-order valence-electron chi connectivity index (χ1n) is 6.33. The highest BCUT2D eigenvalue weighted by atomic mass is 32.1. The summed E-state index contributed by atoms with van der Waals surface area (Å²) in [5.41, 5.74) is -0.955. The monoisotopic (exact) mass is 295 g/mol. The Balaban J connectivity index is 2.65. The Labute approximate surface area is 119 Å². The molecule has 7 heteroatoms. The molecule has 0 fully saturated rings. The molecular formula is C13H17N3O3S. The number of nitrogens with zero attached hydrogens (tertiary/aromatic N) is 2. The van der Waals surface area contributed by atoms with Crippen molar-refractivity contribution in [3.05, 3.63) is 42.5 Å². The van der Waals surface area contributed by atoms with Crippen molar-refractivity contribution in [2.75, 3.05) is 0 Å². The smallest absolute Gasteiger partial charge is 0.331 e. The van der Waals surface area contributed by atoms with E-state index in [0.717, 1.165) is 4.88 Å². The first-order chi connectivity index (χ1) is 9.32. The molecule has 0 radical (unpaired) electrons. The molecule has 1 unspecified atom stereocenters. The number of rotatable bonds is 3. The summed E-state index contributed by atoms with van der Waals surface area (Å²) in [4.78, 5) is 31.3. The quantitative estimate of drug-likeness (QED) is 0.902. The van der Waals surface area contributed by atoms with Gasteiger partial charge in [0.05, 0.1) is 11.6 Å². The Morgan fingerprint density at radius 2 is 2.00 bits per heavy atom. The second-order valence-electron chi connectivity index (χ2n) is 5.01. The fraction of sp³-hybridized carbons (Fsp3) is 0.462. The van der Waals surface area contributed by atoms with Crippen molar-refractivity contribution in [1.29, 1.82) is 0 Å². The highest BCUT2D eigenvalue weighted by molar-refractivity contribution is 7.11. The van der Waals surface area contributed by atoms with Gasteiger partial charge in [0.25, 0.3) is 5.56 Å². The van der Waals surface area contributed by atoms with E-state index in [4.69, 9.17) is 0 Å². The minimum atomic E-state index is -0.628. The zero-order chi connectivity index (χ0) is 15.0. The van der Waals surface area contributed by atoms with E-state index in [1.807, 2.05) is 6.92 Å². The van der Waals surface area contributed by atoms with Crippen LogP contribution >= 0.6 is 11.3 Å². The predicted molar refractivity (Wildman–Crippen MR) is 77.7 cm³/mol. The fourth-order valence-corrected chi connectivity index (χ4v) is 2.92. The number of aromatic amines is 1. The topological polar surface area (TPSA) is 88.0 Å². The number of hydrogen-bond acceptors (Lipinski definition) is 5. The minimum Gasteiger partial charge on any atom is -0.494 e. The molecule has 20 heavy (non-hydrogen) atoms. The highest BCUT2D eigenvalue weighted by Crippen LogP contribution is 2.27. The van der Waals surface area contributed by atoms with Crippen molar-refractivity contribution in [2.24, 2.45) is 0 Å². The Kier molecular flexibility index (Phi) is 3.80. The molecule has 2 rings (SSSR count). The van der Waals surface area contributed by atoms with Crippen LogP contribution in [0.4, 0.5) is 0 Å². The molecule has 0 bridgehead atoms. The zero-order valence-corrected chi connectivity index (χ0v) is 12.6. The van der Waals surface area contributed by atoms with Gasteiger partial charge < -0.3 is 5.11 Å². The lowest BCUT2D eigenvalue weighted by Gasteiger charge is -2.17. The fourth-order valence-electron chi connectivity index (χ4n) is 2.11. The average molecular weight is 295 g/mol. The largest absolute Gasteiger partial charge is 0.494 e. The Bertz CT molecular complexity index is 742. The Morgan fingerprint density at radius 3 is 2.50 bits per heavy atom. The molecule has 0 aromatic carbocycles. The van der Waals surface area contributed by atoms with Gasteiger partial charge in [-0.2, -0.15) is 0 Å². The third-order valence-corrected chi connectivity index (χ3v) is 4.20. The summed E-state index contributed by atoms with van der Waals surface area (Å²) in [6.45, 7) is 7.26. The summed E-state index contributed by atoms with van der Waals surface area (Å²) in [7, 11) is 0. The van der Waals surface area contributed by atoms with Crippen LogP contribution in [0.3, 0.4) is 0 Å². The van der Waals surface area contributed by atoms with Gasteiger partial charge in [0.2, 0.25) is 5.88 Å². The van der Waals surface area contributed by atoms with Gasteiger partial charge in [0.15, 0.2) is 0 Å². The van der Waals surface area contributed by atoms with Gasteiger partial charge in [-0.25, -0.2) is 9.78 Å². The minimum absolute atomic E-state index is 0.184. The van der Waals surface area contributed by atoms with E-state index >= 15 is 0 Å². The van der Waals surface area contributed by atoms with E-state index in [2.05, 4.69) is 9.97 Å². The normalized spacial score (nSPS) is 12.8. The van der Waals surface area contributed by atoms with Crippen LogP contribution in [0.2, 0.25) is 0 Å². The third-order valence-electron chi connectivity index (χ3n) is 3.11. The van der Waals surface area contributed by atoms with Crippen LogP contribution in [0.5, 0.6) is 5.88 Å². The maximum Gasteiger partial charge on any atom is 0.331 e. The molecule has 0 amide bonds. The van der Waals surface area contributed by atoms with Crippen LogP contribution in [0.15, 0.2) is 15.8 Å². The third kappa shape index (κ3) is 2.40. The molecule has 1 atom stereocenters. The number of nitrogens with one attached hydrogen (secondary N) is 1. The van der Waals surface area contributed by atoms with E-state index < -0.39 is 17.3 Å². The van der Waals surface area contributed by atoms with Crippen molar-refractivity contribution in [3.63, 3.8) is 0 Å². The molecule has 0 spiro atoms. The number of hydrogen-bond donors (Lipinski definition) is 2. The lowest BCUT2D eigenvalue weighted by Crippen LogP contribution is -2.34. The summed E-state index contributed by atoms with van der Waals surface area (Å²) in [6.07, 6.45) is 1.72. The van der Waals surface area contributed by atoms with Gasteiger partial charge in [0.1, 0.15) is 5.01 Å². The van der Waals surface area contributed by atoms with Crippen LogP contribution in [0.1, 0.15) is 48.2 Å². The summed E-state index contributed by atoms with van der Waals surface area (Å²) < 4.78 is 1.18. The van der Waals surface area contributed by atoms with Gasteiger partial charge in [-0.05, 0) is 19.8 Å². The first kappa shape index (κ1) is 14.5. The molecule has 0 aliphatic rings. The van der Waals surface area contributed by atoms with Crippen molar-refractivity contribution in [1.82, 2.24) is 14.5 Å². The average Bonchev–Trinajstić information content (AvgIpc) is 2.74. The van der Waals surface area contributed by atoms with Crippen LogP contribution in [0.25, 0.3) is 0 Å². The first-order valence-corrected chi connectivity index (χ1v) is 7.14. The molecule has 0 saturated carbocycles. The van der Waals surface area contributed by atoms with E-state index in [9.17, 15) is 14.7 Å². The molecular weight excluding hydrogens is 278 g/mol. The van der Waals surface area contributed by atoms with Crippen molar-refractivity contribution in [3.8, 4) is 5.88 Å². The molecule has 0 saturated heterocycles. The van der Waals surface area contributed by atoms with Gasteiger partial charge in [0, 0.05) is 11.1 Å². The maximum absolute atomic E-state index is 12.0. The van der Waals surface area contributed by atoms with Crippen LogP contribution < -0.4 is 11.2 Å². The second-order valence-corrected chi connectivity index (χ2v) is 6.27. The lowest BCUT2D eigenvalue weighted by molar-refractivity contribution is 0.378. The molecule has 0 aliphatic heterocycles. The molecule has 6 nitrogen and oxygen atoms in total. The van der Waals surface area contributed by atoms with Gasteiger partial charge in [-0.1, -0.05) is 13.8 Å². The summed E-state index contributed by atoms with van der Waals surface area (Å²) in [6, 6.07) is -0.435. The SMILES string of the molecule is Cc1cnc(C(C)n2c(O)c(C(C)C)c(=O)[nH]c2=O)s1. The molecule has 2 aromatic rings. The van der Waals surface area contributed by atoms with Crippen molar-refractivity contribution < 1.29 is 5.11 Å². The number of thiazole rings is 1. The van der Waals surface area contributed by atoms with Gasteiger partial charge >= 0.3 is 5.69 Å². The van der Waals surface area contributed by atoms with Crippen LogP contribution in [-0.4, -0.2) is 19.6 Å². The van der Waals surface area contributed by atoms with E-state index in [0.29, 0.717) is 5.01 Å². The molecule has 2 aromatic heterocycles. The standard InChI is InChI=1S/C13H17N3O3S/c1-6(2)9-10(17)15-13(19)16(12(9)18)8(4)11-14-5-7(3)20-11/h5-6,8,18H,1-4H3,(H,15,17,19). The molecule has 2 heterocycles. The molecule has 2 N–H and O–H groups in total. The summed E-state index contributed by atoms with van der Waals surface area (Å²) >= 11 is 1.45. The van der Waals surface area contributed by atoms with E-state index in [1.165, 1.54) is 15.9 Å². The number of H-pyrrole nitrogens is 1. The Morgan fingerprint density at radius 1 is 1.35 bits per heavy atom. The second kappa shape index (κ2) is 5.24. The zero-order valence-electron chi connectivity index (χ0n) is 11.8. The molecule has 108 valence electrons. The van der Waals surface area contributed by atoms with E-state index in [-0.39, 0.29) is 17.4 Å². The van der Waals surface area contributed by atoms with Crippen molar-refractivity contribution in [2.45, 2.75) is 39.7 Å². The van der Waals surface area contributed by atoms with Gasteiger partial charge in [-0.15, -0.1) is 11.3 Å². The van der Waals surface area contributed by atoms with E-state index in [1.54, 1.807) is 27.0 Å². The lowest BCUT2D eigenvalue weighted by atomic mass is 10.1. The summed E-state index contributed by atoms with van der Waals surface area (Å²) in [5.74, 6) is -0.468. The molecule has 0 aliphatic carbocycles. The van der Waals surface area contributed by atoms with Gasteiger partial charge in [-0.3, -0.25) is 14.3 Å². The maximum atomic E-state index is 12.0. The van der Waals surface area contributed by atoms with Crippen LogP contribution in [-0.2, 0) is 0 Å². The number of aromatic nitrogens is 3. The number of aryl methyl sites for hydroxylation is 1. The Hall–Kier alpha value is -1.89. The number of aromatic hydroxyl groups is 1. The van der Waals surface area contributed by atoms with Crippen molar-refractivity contribution >= 4 is 11.3 Å². The highest BCUT2D eigenvalue weighted by Gasteiger charge is 2.22. The predicted octanol–water partition coefficient (Wildman–Crippen LogP) is 1.74. The summed E-state index contributed by atoms with van der Waals surface area (Å²) in [5, 5.41) is 11.0.